The summed E-state index contributed by atoms with van der Waals surface area (Å²) in [7, 11) is 0. The Bertz CT molecular complexity index is 2380. The molecule has 55 heavy (non-hydrogen) atoms. The summed E-state index contributed by atoms with van der Waals surface area (Å²) in [5.41, 5.74) is 5.03. The van der Waals surface area contributed by atoms with Crippen LogP contribution in [0.4, 0.5) is 5.82 Å². The van der Waals surface area contributed by atoms with Crippen molar-refractivity contribution in [3.8, 4) is 11.4 Å². The molecule has 1 N–H and O–H groups in total. The molecule has 4 heterocycles. The fourth-order valence-electron chi connectivity index (χ4n) is 9.42. The largest absolute Gasteiger partial charge is 0.466 e. The fourth-order valence-corrected chi connectivity index (χ4v) is 9.55. The Balaban J connectivity index is 1.30. The molecule has 9 nitrogen and oxygen atoms in total. The number of halogens is 1. The molecule has 10 heteroatoms. The molecule has 4 aromatic heterocycles. The number of nitrogens with one attached hydrogen (secondary N) is 1. The number of carbonyl (C=O) groups is 1. The number of hydrogen-bond donors (Lipinski definition) is 1. The van der Waals surface area contributed by atoms with Crippen LogP contribution >= 0.6 is 11.6 Å². The lowest BCUT2D eigenvalue weighted by atomic mass is 9.61. The van der Waals surface area contributed by atoms with Crippen LogP contribution in [0.25, 0.3) is 33.6 Å². The Kier molecular flexibility index (Phi) is 9.13. The Labute approximate surface area is 325 Å². The summed E-state index contributed by atoms with van der Waals surface area (Å²) >= 11 is 6.68. The van der Waals surface area contributed by atoms with Crippen LogP contribution in [0, 0.1) is 17.8 Å². The molecule has 3 aliphatic rings. The first kappa shape index (κ1) is 35.2. The summed E-state index contributed by atoms with van der Waals surface area (Å²) < 4.78 is 10.1. The van der Waals surface area contributed by atoms with E-state index < -0.39 is 5.54 Å². The lowest BCUT2D eigenvalue weighted by Crippen LogP contribution is -2.52. The predicted octanol–water partition coefficient (Wildman–Crippen LogP) is 9.70. The molecule has 10 rings (SSSR count). The number of hydrogen-bond acceptors (Lipinski definition) is 7. The minimum Gasteiger partial charge on any atom is -0.466 e. The van der Waals surface area contributed by atoms with Crippen molar-refractivity contribution >= 4 is 45.6 Å². The second kappa shape index (κ2) is 14.3. The maximum Gasteiger partial charge on any atom is 0.311 e. The van der Waals surface area contributed by atoms with Gasteiger partial charge < -0.3 is 19.2 Å². The zero-order valence-electron chi connectivity index (χ0n) is 31.3. The number of aromatic nitrogens is 6. The first-order chi connectivity index (χ1) is 26.9. The number of fused-ring (bicyclic) bond motifs is 5. The Morgan fingerprint density at radius 1 is 0.836 bits per heavy atom. The minimum atomic E-state index is -0.861. The highest BCUT2D eigenvalue weighted by molar-refractivity contribution is 6.29. The van der Waals surface area contributed by atoms with Crippen molar-refractivity contribution in [2.24, 2.45) is 17.8 Å². The molecule has 3 aliphatic carbocycles. The quantitative estimate of drug-likeness (QED) is 0.110. The van der Waals surface area contributed by atoms with E-state index in [-0.39, 0.29) is 35.0 Å². The molecule has 2 atom stereocenters. The van der Waals surface area contributed by atoms with Gasteiger partial charge in [-0.3, -0.25) is 4.79 Å². The maximum atomic E-state index is 13.5. The summed E-state index contributed by atoms with van der Waals surface area (Å²) in [5, 5.41) is 5.03. The number of nitrogens with zero attached hydrogens (tertiary/aromatic N) is 6. The van der Waals surface area contributed by atoms with Crippen LogP contribution in [0.1, 0.15) is 69.2 Å². The third kappa shape index (κ3) is 5.87. The van der Waals surface area contributed by atoms with E-state index in [2.05, 4.69) is 120 Å². The SMILES string of the molecule is CCOC(=O)[C@H]1C2CCC(CC2)[C@@H]1Nc1nc(-c2cn(C(c3ccccc3)(c3ccccc3)c3ccccc3)c3ncc(Cl)nc23)nc2c1ccn2C(C)C. The van der Waals surface area contributed by atoms with Crippen LogP contribution in [0.5, 0.6) is 0 Å². The Hall–Kier alpha value is -5.54. The summed E-state index contributed by atoms with van der Waals surface area (Å²) in [6.45, 7) is 6.54. The Morgan fingerprint density at radius 3 is 2.02 bits per heavy atom. The molecular formula is C45H44ClN7O2. The van der Waals surface area contributed by atoms with E-state index in [4.69, 9.17) is 36.3 Å². The van der Waals surface area contributed by atoms with E-state index in [9.17, 15) is 4.79 Å². The summed E-state index contributed by atoms with van der Waals surface area (Å²) in [5.74, 6) is 1.47. The molecular weight excluding hydrogens is 706 g/mol. The predicted molar refractivity (Wildman–Crippen MR) is 217 cm³/mol. The lowest BCUT2D eigenvalue weighted by molar-refractivity contribution is -0.154. The first-order valence-corrected chi connectivity index (χ1v) is 19.8. The zero-order valence-corrected chi connectivity index (χ0v) is 32.0. The topological polar surface area (TPSA) is 99.8 Å². The third-order valence-corrected chi connectivity index (χ3v) is 12.0. The van der Waals surface area contributed by atoms with Crippen molar-refractivity contribution in [2.75, 3.05) is 11.9 Å². The molecule has 2 bridgehead atoms. The minimum absolute atomic E-state index is 0.0997. The van der Waals surface area contributed by atoms with Crippen LogP contribution in [0.15, 0.2) is 116 Å². The van der Waals surface area contributed by atoms with Crippen molar-refractivity contribution < 1.29 is 9.53 Å². The summed E-state index contributed by atoms with van der Waals surface area (Å²) in [6, 6.07) is 33.6. The molecule has 278 valence electrons. The normalized spacial score (nSPS) is 19.7. The molecule has 3 fully saturated rings. The van der Waals surface area contributed by atoms with E-state index in [0.717, 1.165) is 53.4 Å². The average molecular weight is 750 g/mol. The summed E-state index contributed by atoms with van der Waals surface area (Å²) in [4.78, 5) is 34.1. The van der Waals surface area contributed by atoms with Gasteiger partial charge in [-0.05, 0) is 81.0 Å². The first-order valence-electron chi connectivity index (χ1n) is 19.4. The van der Waals surface area contributed by atoms with Gasteiger partial charge in [0.1, 0.15) is 27.7 Å². The van der Waals surface area contributed by atoms with Crippen LogP contribution in [0.2, 0.25) is 5.15 Å². The van der Waals surface area contributed by atoms with Gasteiger partial charge in [-0.15, -0.1) is 0 Å². The lowest BCUT2D eigenvalue weighted by Gasteiger charge is -2.47. The van der Waals surface area contributed by atoms with Gasteiger partial charge in [0.2, 0.25) is 0 Å². The van der Waals surface area contributed by atoms with Gasteiger partial charge in [-0.25, -0.2) is 19.9 Å². The molecule has 3 saturated carbocycles. The molecule has 3 aromatic carbocycles. The molecule has 0 unspecified atom stereocenters. The standard InChI is InChI=1S/C45H44ClN7O2/c1-4-55-44(54)37-29-20-22-30(23-21-29)38(37)49-40-34-24-25-52(28(2)3)42(34)51-41(50-40)35-27-53(43-39(35)48-36(46)26-47-43)45(31-14-8-5-9-15-31,32-16-10-6-11-17-32)33-18-12-7-13-19-33/h5-19,24-30,37-38H,4,20-23H2,1-3H3,(H,49,50,51)/t29?,30?,37-,38-/m0/s1. The molecule has 0 amide bonds. The van der Waals surface area contributed by atoms with E-state index >= 15 is 0 Å². The smallest absolute Gasteiger partial charge is 0.311 e. The second-order valence-electron chi connectivity index (χ2n) is 15.2. The molecule has 7 aromatic rings. The monoisotopic (exact) mass is 749 g/mol. The average Bonchev–Trinajstić information content (AvgIpc) is 3.82. The van der Waals surface area contributed by atoms with Gasteiger partial charge in [-0.1, -0.05) is 103 Å². The van der Waals surface area contributed by atoms with Gasteiger partial charge >= 0.3 is 5.97 Å². The Morgan fingerprint density at radius 2 is 1.44 bits per heavy atom. The number of rotatable bonds is 10. The summed E-state index contributed by atoms with van der Waals surface area (Å²) in [6.07, 6.45) is 10.0. The fraction of sp³-hybridized carbons (Fsp3) is 0.311. The maximum absolute atomic E-state index is 13.5. The van der Waals surface area contributed by atoms with Gasteiger partial charge in [0, 0.05) is 24.5 Å². The van der Waals surface area contributed by atoms with Crippen molar-refractivity contribution in [3.05, 3.63) is 137 Å². The van der Waals surface area contributed by atoms with E-state index in [1.54, 1.807) is 6.20 Å². The van der Waals surface area contributed by atoms with Crippen molar-refractivity contribution in [2.45, 2.75) is 64.1 Å². The van der Waals surface area contributed by atoms with Gasteiger partial charge in [-0.2, -0.15) is 0 Å². The number of esters is 1. The van der Waals surface area contributed by atoms with Gasteiger partial charge in [0.05, 0.1) is 29.7 Å². The van der Waals surface area contributed by atoms with Crippen molar-refractivity contribution in [1.82, 2.24) is 29.1 Å². The van der Waals surface area contributed by atoms with Gasteiger partial charge in [0.25, 0.3) is 0 Å². The number of benzene rings is 3. The van der Waals surface area contributed by atoms with Crippen LogP contribution in [0.3, 0.4) is 0 Å². The number of carbonyl (C=O) groups excluding carboxylic acids is 1. The number of ether oxygens (including phenoxy) is 1. The number of anilines is 1. The van der Waals surface area contributed by atoms with Crippen LogP contribution in [-0.4, -0.2) is 47.7 Å². The highest BCUT2D eigenvalue weighted by Crippen LogP contribution is 2.48. The molecule has 0 saturated heterocycles. The zero-order chi connectivity index (χ0) is 37.7. The van der Waals surface area contributed by atoms with Crippen LogP contribution < -0.4 is 5.32 Å². The highest BCUT2D eigenvalue weighted by atomic mass is 35.5. The van der Waals surface area contributed by atoms with Gasteiger partial charge in [0.15, 0.2) is 11.5 Å². The molecule has 0 radical (unpaired) electrons. The second-order valence-corrected chi connectivity index (χ2v) is 15.5. The molecule has 0 spiro atoms. The molecule has 0 aliphatic heterocycles. The van der Waals surface area contributed by atoms with E-state index in [1.807, 2.05) is 25.1 Å². The van der Waals surface area contributed by atoms with E-state index in [0.29, 0.717) is 40.9 Å². The van der Waals surface area contributed by atoms with Crippen molar-refractivity contribution in [3.63, 3.8) is 0 Å². The van der Waals surface area contributed by atoms with E-state index in [1.165, 1.54) is 0 Å². The van der Waals surface area contributed by atoms with Crippen LogP contribution in [-0.2, 0) is 15.1 Å². The third-order valence-electron chi connectivity index (χ3n) is 11.9. The highest BCUT2D eigenvalue weighted by Gasteiger charge is 2.48. The van der Waals surface area contributed by atoms with Crippen molar-refractivity contribution in [1.29, 1.82) is 0 Å².